The lowest BCUT2D eigenvalue weighted by atomic mass is 9.85. The first kappa shape index (κ1) is 20.8. The summed E-state index contributed by atoms with van der Waals surface area (Å²) in [6, 6.07) is -2.55. The van der Waals surface area contributed by atoms with Gasteiger partial charge >= 0.3 is 11.9 Å². The van der Waals surface area contributed by atoms with Crippen molar-refractivity contribution in [3.63, 3.8) is 0 Å². The third-order valence-electron chi connectivity index (χ3n) is 6.69. The quantitative estimate of drug-likeness (QED) is 0.548. The molecule has 3 N–H and O–H groups in total. The number of carbonyl (C=O) groups excluding carboxylic acids is 1. The molecule has 1 saturated heterocycles. The fraction of sp³-hybridized carbons (Fsp3) is 0.762. The summed E-state index contributed by atoms with van der Waals surface area (Å²) >= 11 is 0. The summed E-state index contributed by atoms with van der Waals surface area (Å²) in [5, 5.41) is 22.1. The minimum absolute atomic E-state index is 0.152. The number of carboxylic acid groups (broad SMARTS) is 2. The molecule has 0 bridgehead atoms. The minimum atomic E-state index is -0.990. The number of fused-ring (bicyclic) bond motifs is 1. The summed E-state index contributed by atoms with van der Waals surface area (Å²) in [4.78, 5) is 37.9. The van der Waals surface area contributed by atoms with Crippen LogP contribution in [0.4, 0.5) is 0 Å². The molecular weight excluding hydrogens is 360 g/mol. The van der Waals surface area contributed by atoms with Crippen molar-refractivity contribution in [1.29, 1.82) is 0 Å². The third kappa shape index (κ3) is 4.57. The number of carbonyl (C=O) groups is 3. The monoisotopic (exact) mass is 392 g/mol. The molecule has 2 fully saturated rings. The van der Waals surface area contributed by atoms with Gasteiger partial charge in [0.2, 0.25) is 5.91 Å². The van der Waals surface area contributed by atoms with Crippen LogP contribution in [-0.4, -0.2) is 57.1 Å². The van der Waals surface area contributed by atoms with Crippen molar-refractivity contribution in [3.8, 4) is 0 Å². The van der Waals surface area contributed by atoms with Crippen LogP contribution in [0.3, 0.4) is 0 Å². The minimum Gasteiger partial charge on any atom is -0.480 e. The molecule has 1 aliphatic heterocycles. The summed E-state index contributed by atoms with van der Waals surface area (Å²) in [6.07, 6.45) is 12.5. The van der Waals surface area contributed by atoms with Gasteiger partial charge in [0.15, 0.2) is 0 Å². The molecule has 7 heteroatoms. The first-order valence-electron chi connectivity index (χ1n) is 10.6. The van der Waals surface area contributed by atoms with Gasteiger partial charge in [0.1, 0.15) is 12.1 Å². The van der Waals surface area contributed by atoms with E-state index in [1.165, 1.54) is 24.2 Å². The molecule has 0 radical (unpaired) electrons. The fourth-order valence-corrected chi connectivity index (χ4v) is 5.13. The van der Waals surface area contributed by atoms with Gasteiger partial charge in [0.25, 0.3) is 0 Å². The van der Waals surface area contributed by atoms with Crippen LogP contribution in [0.15, 0.2) is 12.2 Å². The van der Waals surface area contributed by atoms with Gasteiger partial charge in [-0.1, -0.05) is 44.3 Å². The lowest BCUT2D eigenvalue weighted by Crippen LogP contribution is -2.54. The number of carboxylic acids is 2. The van der Waals surface area contributed by atoms with E-state index < -0.39 is 30.1 Å². The Labute approximate surface area is 166 Å². The summed E-state index contributed by atoms with van der Waals surface area (Å²) in [7, 11) is 0. The van der Waals surface area contributed by atoms with Gasteiger partial charge in [-0.05, 0) is 44.4 Å². The second-order valence-electron chi connectivity index (χ2n) is 8.61. The molecule has 1 heterocycles. The van der Waals surface area contributed by atoms with Crippen LogP contribution >= 0.6 is 0 Å². The number of rotatable bonds is 8. The molecule has 0 aromatic carbocycles. The largest absolute Gasteiger partial charge is 0.480 e. The molecule has 0 unspecified atom stereocenters. The first-order valence-corrected chi connectivity index (χ1v) is 10.6. The summed E-state index contributed by atoms with van der Waals surface area (Å²) in [5.74, 6) is -1.54. The van der Waals surface area contributed by atoms with E-state index in [0.29, 0.717) is 18.8 Å². The molecule has 3 aliphatic rings. The normalized spacial score (nSPS) is 29.5. The number of hydrogen-bond donors (Lipinski definition) is 3. The maximum absolute atomic E-state index is 13.0. The molecule has 3 rings (SSSR count). The Kier molecular flexibility index (Phi) is 6.75. The van der Waals surface area contributed by atoms with Crippen molar-refractivity contribution >= 4 is 17.8 Å². The Morgan fingerprint density at radius 3 is 2.54 bits per heavy atom. The number of allylic oxidation sites excluding steroid dienone is 1. The Morgan fingerprint density at radius 2 is 1.89 bits per heavy atom. The zero-order valence-corrected chi connectivity index (χ0v) is 16.5. The van der Waals surface area contributed by atoms with E-state index in [-0.39, 0.29) is 17.9 Å². The Bertz CT molecular complexity index is 628. The van der Waals surface area contributed by atoms with Crippen LogP contribution in [0.2, 0.25) is 0 Å². The molecule has 2 aliphatic carbocycles. The number of aliphatic carboxylic acids is 2. The highest BCUT2D eigenvalue weighted by Crippen LogP contribution is 2.38. The van der Waals surface area contributed by atoms with Crippen molar-refractivity contribution in [2.45, 2.75) is 88.9 Å². The van der Waals surface area contributed by atoms with Gasteiger partial charge in [-0.2, -0.15) is 0 Å². The van der Waals surface area contributed by atoms with E-state index in [9.17, 15) is 24.6 Å². The van der Waals surface area contributed by atoms with E-state index in [2.05, 4.69) is 5.32 Å². The van der Waals surface area contributed by atoms with Gasteiger partial charge in [0.05, 0.1) is 12.1 Å². The standard InChI is InChI=1S/C21H32N2O5/c1-13(22-16(20(25)26)11-10-14-6-3-2-4-7-14)19(24)23-17-9-5-8-15(17)12-18(23)21(27)28/h5,9,13-18,22H,2-4,6-8,10-12H2,1H3,(H,25,26)(H,27,28)/t13-,15+,16-,17-,18-/m0/s1. The third-order valence-corrected chi connectivity index (χ3v) is 6.69. The van der Waals surface area contributed by atoms with Crippen molar-refractivity contribution in [2.24, 2.45) is 11.8 Å². The van der Waals surface area contributed by atoms with Gasteiger partial charge in [-0.15, -0.1) is 0 Å². The van der Waals surface area contributed by atoms with Crippen LogP contribution in [0.25, 0.3) is 0 Å². The fourth-order valence-electron chi connectivity index (χ4n) is 5.13. The van der Waals surface area contributed by atoms with Crippen molar-refractivity contribution < 1.29 is 24.6 Å². The first-order chi connectivity index (χ1) is 13.4. The highest BCUT2D eigenvalue weighted by Gasteiger charge is 2.48. The number of nitrogens with zero attached hydrogens (tertiary/aromatic N) is 1. The zero-order valence-electron chi connectivity index (χ0n) is 16.5. The molecule has 1 saturated carbocycles. The molecule has 28 heavy (non-hydrogen) atoms. The van der Waals surface area contributed by atoms with Crippen molar-refractivity contribution in [2.75, 3.05) is 0 Å². The Morgan fingerprint density at radius 1 is 1.18 bits per heavy atom. The second kappa shape index (κ2) is 9.07. The van der Waals surface area contributed by atoms with E-state index in [4.69, 9.17) is 0 Å². The predicted molar refractivity (Wildman–Crippen MR) is 104 cm³/mol. The van der Waals surface area contributed by atoms with Gasteiger partial charge in [-0.3, -0.25) is 14.9 Å². The number of amides is 1. The number of nitrogens with one attached hydrogen (secondary N) is 1. The molecule has 156 valence electrons. The lowest BCUT2D eigenvalue weighted by Gasteiger charge is -2.31. The molecular formula is C21H32N2O5. The lowest BCUT2D eigenvalue weighted by molar-refractivity contribution is -0.150. The number of hydrogen-bond acceptors (Lipinski definition) is 4. The van der Waals surface area contributed by atoms with Crippen LogP contribution < -0.4 is 5.32 Å². The highest BCUT2D eigenvalue weighted by atomic mass is 16.4. The van der Waals surface area contributed by atoms with Crippen LogP contribution in [0, 0.1) is 11.8 Å². The molecule has 5 atom stereocenters. The Balaban J connectivity index is 1.61. The van der Waals surface area contributed by atoms with Gasteiger partial charge in [-0.25, -0.2) is 4.79 Å². The SMILES string of the molecule is C[C@H](N[C@@H](CCC1CCCCC1)C(=O)O)C(=O)N1[C@H](C(=O)O)C[C@H]2CC=C[C@@H]21. The summed E-state index contributed by atoms with van der Waals surface area (Å²) in [6.45, 7) is 1.64. The molecule has 0 spiro atoms. The maximum Gasteiger partial charge on any atom is 0.326 e. The molecule has 1 amide bonds. The van der Waals surface area contributed by atoms with Crippen molar-refractivity contribution in [1.82, 2.24) is 10.2 Å². The summed E-state index contributed by atoms with van der Waals surface area (Å²) in [5.41, 5.74) is 0. The van der Waals surface area contributed by atoms with E-state index in [1.54, 1.807) is 6.92 Å². The topological polar surface area (TPSA) is 107 Å². The maximum atomic E-state index is 13.0. The van der Waals surface area contributed by atoms with Crippen molar-refractivity contribution in [3.05, 3.63) is 12.2 Å². The van der Waals surface area contributed by atoms with Crippen LogP contribution in [0.1, 0.15) is 64.7 Å². The second-order valence-corrected chi connectivity index (χ2v) is 8.61. The van der Waals surface area contributed by atoms with Crippen LogP contribution in [0.5, 0.6) is 0 Å². The average molecular weight is 392 g/mol. The van der Waals surface area contributed by atoms with Crippen LogP contribution in [-0.2, 0) is 14.4 Å². The van der Waals surface area contributed by atoms with E-state index >= 15 is 0 Å². The predicted octanol–water partition coefficient (Wildman–Crippen LogP) is 2.41. The molecule has 0 aromatic heterocycles. The number of likely N-dealkylation sites (tertiary alicyclic amines) is 1. The zero-order chi connectivity index (χ0) is 20.3. The average Bonchev–Trinajstić information content (AvgIpc) is 3.26. The van der Waals surface area contributed by atoms with Gasteiger partial charge < -0.3 is 15.1 Å². The smallest absolute Gasteiger partial charge is 0.326 e. The molecule has 7 nitrogen and oxygen atoms in total. The molecule has 0 aromatic rings. The van der Waals surface area contributed by atoms with Gasteiger partial charge in [0, 0.05) is 0 Å². The van der Waals surface area contributed by atoms with E-state index in [1.807, 2.05) is 12.2 Å². The summed E-state index contributed by atoms with van der Waals surface area (Å²) < 4.78 is 0. The highest BCUT2D eigenvalue weighted by molar-refractivity contribution is 5.88. The Hall–Kier alpha value is -1.89. The van der Waals surface area contributed by atoms with E-state index in [0.717, 1.165) is 25.7 Å².